The number of benzene rings is 2. The van der Waals surface area contributed by atoms with Crippen LogP contribution in [0.4, 0.5) is 4.39 Å². The second-order valence-electron chi connectivity index (χ2n) is 4.10. The number of hydrogen-bond donors (Lipinski definition) is 0. The Morgan fingerprint density at radius 3 is 2.29 bits per heavy atom. The van der Waals surface area contributed by atoms with E-state index in [4.69, 9.17) is 0 Å². The fraction of sp³-hybridized carbons (Fsp3) is 0.133. The number of carbonyl (C=O) groups excluding carboxylic acids is 1. The first-order chi connectivity index (χ1) is 8.09. The van der Waals surface area contributed by atoms with E-state index in [0.717, 1.165) is 11.1 Å². The van der Waals surface area contributed by atoms with Crippen molar-refractivity contribution in [2.75, 3.05) is 0 Å². The minimum Gasteiger partial charge on any atom is -0.289 e. The molecular formula is C15H13FO. The Kier molecular flexibility index (Phi) is 3.05. The van der Waals surface area contributed by atoms with Crippen LogP contribution in [0.3, 0.4) is 0 Å². The molecule has 0 aromatic heterocycles. The standard InChI is InChI=1S/C15H13FO/c1-10-5-3-4-6-13(10)15(17)14-9-12(16)8-7-11(14)2/h3-9H,1-2H3. The van der Waals surface area contributed by atoms with Crippen molar-refractivity contribution in [1.29, 1.82) is 0 Å². The number of ketones is 1. The highest BCUT2D eigenvalue weighted by molar-refractivity contribution is 6.10. The van der Waals surface area contributed by atoms with Crippen molar-refractivity contribution in [1.82, 2.24) is 0 Å². The summed E-state index contributed by atoms with van der Waals surface area (Å²) in [5.41, 5.74) is 2.75. The van der Waals surface area contributed by atoms with Crippen LogP contribution in [0.5, 0.6) is 0 Å². The van der Waals surface area contributed by atoms with E-state index in [1.807, 2.05) is 32.0 Å². The molecule has 0 heterocycles. The predicted molar refractivity (Wildman–Crippen MR) is 65.7 cm³/mol. The molecule has 0 aliphatic rings. The normalized spacial score (nSPS) is 10.3. The molecule has 0 radical (unpaired) electrons. The summed E-state index contributed by atoms with van der Waals surface area (Å²) in [6.07, 6.45) is 0. The molecule has 2 heteroatoms. The fourth-order valence-electron chi connectivity index (χ4n) is 1.81. The zero-order valence-electron chi connectivity index (χ0n) is 9.83. The first kappa shape index (κ1) is 11.5. The fourth-order valence-corrected chi connectivity index (χ4v) is 1.81. The van der Waals surface area contributed by atoms with Crippen LogP contribution in [-0.2, 0) is 0 Å². The Hall–Kier alpha value is -1.96. The molecule has 0 saturated heterocycles. The van der Waals surface area contributed by atoms with Crippen molar-refractivity contribution in [2.45, 2.75) is 13.8 Å². The van der Waals surface area contributed by atoms with Gasteiger partial charge in [-0.3, -0.25) is 4.79 Å². The SMILES string of the molecule is Cc1ccccc1C(=O)c1cc(F)ccc1C. The van der Waals surface area contributed by atoms with Crippen LogP contribution < -0.4 is 0 Å². The van der Waals surface area contributed by atoms with Gasteiger partial charge < -0.3 is 0 Å². The first-order valence-electron chi connectivity index (χ1n) is 5.46. The first-order valence-corrected chi connectivity index (χ1v) is 5.46. The Balaban J connectivity index is 2.51. The van der Waals surface area contributed by atoms with Gasteiger partial charge in [0.15, 0.2) is 5.78 Å². The van der Waals surface area contributed by atoms with Crippen molar-refractivity contribution in [3.63, 3.8) is 0 Å². The van der Waals surface area contributed by atoms with Gasteiger partial charge in [0.25, 0.3) is 0 Å². The van der Waals surface area contributed by atoms with E-state index in [9.17, 15) is 9.18 Å². The van der Waals surface area contributed by atoms with E-state index < -0.39 is 0 Å². The minimum absolute atomic E-state index is 0.125. The summed E-state index contributed by atoms with van der Waals surface area (Å²) in [6, 6.07) is 11.6. The topological polar surface area (TPSA) is 17.1 Å². The highest BCUT2D eigenvalue weighted by atomic mass is 19.1. The number of aryl methyl sites for hydroxylation is 2. The van der Waals surface area contributed by atoms with Crippen molar-refractivity contribution in [2.24, 2.45) is 0 Å². The van der Waals surface area contributed by atoms with Gasteiger partial charge >= 0.3 is 0 Å². The lowest BCUT2D eigenvalue weighted by molar-refractivity contribution is 0.103. The zero-order chi connectivity index (χ0) is 12.4. The van der Waals surface area contributed by atoms with Crippen LogP contribution in [0.1, 0.15) is 27.0 Å². The molecule has 2 rings (SSSR count). The Morgan fingerprint density at radius 2 is 1.59 bits per heavy atom. The number of rotatable bonds is 2. The van der Waals surface area contributed by atoms with Crippen LogP contribution in [0.2, 0.25) is 0 Å². The van der Waals surface area contributed by atoms with Gasteiger partial charge in [-0.2, -0.15) is 0 Å². The van der Waals surface area contributed by atoms with Gasteiger partial charge in [-0.05, 0) is 37.1 Å². The third-order valence-corrected chi connectivity index (χ3v) is 2.83. The van der Waals surface area contributed by atoms with Crippen LogP contribution in [0.25, 0.3) is 0 Å². The second kappa shape index (κ2) is 4.50. The van der Waals surface area contributed by atoms with Crippen LogP contribution in [0, 0.1) is 19.7 Å². The highest BCUT2D eigenvalue weighted by Crippen LogP contribution is 2.17. The molecule has 0 amide bonds. The summed E-state index contributed by atoms with van der Waals surface area (Å²) in [4.78, 5) is 12.3. The van der Waals surface area contributed by atoms with E-state index in [1.165, 1.54) is 12.1 Å². The summed E-state index contributed by atoms with van der Waals surface area (Å²) in [6.45, 7) is 3.69. The van der Waals surface area contributed by atoms with E-state index in [0.29, 0.717) is 11.1 Å². The Labute approximate surface area is 99.9 Å². The van der Waals surface area contributed by atoms with E-state index >= 15 is 0 Å². The van der Waals surface area contributed by atoms with Gasteiger partial charge in [0.05, 0.1) is 0 Å². The lowest BCUT2D eigenvalue weighted by Gasteiger charge is -2.07. The lowest BCUT2D eigenvalue weighted by Crippen LogP contribution is -2.06. The molecular weight excluding hydrogens is 215 g/mol. The minimum atomic E-state index is -0.382. The average molecular weight is 228 g/mol. The van der Waals surface area contributed by atoms with E-state index in [2.05, 4.69) is 0 Å². The molecule has 2 aromatic carbocycles. The molecule has 0 atom stereocenters. The molecule has 0 fully saturated rings. The van der Waals surface area contributed by atoms with Crippen LogP contribution in [-0.4, -0.2) is 5.78 Å². The second-order valence-corrected chi connectivity index (χ2v) is 4.10. The van der Waals surface area contributed by atoms with Crippen LogP contribution in [0.15, 0.2) is 42.5 Å². The Morgan fingerprint density at radius 1 is 0.941 bits per heavy atom. The van der Waals surface area contributed by atoms with Crippen molar-refractivity contribution >= 4 is 5.78 Å². The van der Waals surface area contributed by atoms with Gasteiger partial charge in [0, 0.05) is 11.1 Å². The summed E-state index contributed by atoms with van der Waals surface area (Å²) < 4.78 is 13.2. The van der Waals surface area contributed by atoms with Gasteiger partial charge in [0.1, 0.15) is 5.82 Å². The summed E-state index contributed by atoms with van der Waals surface area (Å²) >= 11 is 0. The third-order valence-electron chi connectivity index (χ3n) is 2.83. The quantitative estimate of drug-likeness (QED) is 0.717. The van der Waals surface area contributed by atoms with Crippen LogP contribution >= 0.6 is 0 Å². The van der Waals surface area contributed by atoms with Gasteiger partial charge in [0.2, 0.25) is 0 Å². The van der Waals surface area contributed by atoms with Crippen molar-refractivity contribution < 1.29 is 9.18 Å². The maximum Gasteiger partial charge on any atom is 0.193 e. The maximum absolute atomic E-state index is 13.2. The molecule has 0 aliphatic heterocycles. The number of carbonyl (C=O) groups is 1. The van der Waals surface area contributed by atoms with Crippen molar-refractivity contribution in [3.8, 4) is 0 Å². The maximum atomic E-state index is 13.2. The zero-order valence-corrected chi connectivity index (χ0v) is 9.83. The summed E-state index contributed by atoms with van der Waals surface area (Å²) in [5.74, 6) is -0.507. The average Bonchev–Trinajstić information content (AvgIpc) is 2.32. The molecule has 86 valence electrons. The molecule has 1 nitrogen and oxygen atoms in total. The molecule has 17 heavy (non-hydrogen) atoms. The molecule has 0 unspecified atom stereocenters. The highest BCUT2D eigenvalue weighted by Gasteiger charge is 2.14. The van der Waals surface area contributed by atoms with Gasteiger partial charge in [-0.15, -0.1) is 0 Å². The van der Waals surface area contributed by atoms with E-state index in [1.54, 1.807) is 12.1 Å². The molecule has 0 N–H and O–H groups in total. The smallest absolute Gasteiger partial charge is 0.193 e. The van der Waals surface area contributed by atoms with Gasteiger partial charge in [-0.1, -0.05) is 30.3 Å². The van der Waals surface area contributed by atoms with Crippen molar-refractivity contribution in [3.05, 3.63) is 70.5 Å². The molecule has 2 aromatic rings. The largest absolute Gasteiger partial charge is 0.289 e. The summed E-state index contributed by atoms with van der Waals surface area (Å²) in [5, 5.41) is 0. The predicted octanol–water partition coefficient (Wildman–Crippen LogP) is 3.67. The number of halogens is 1. The summed E-state index contributed by atoms with van der Waals surface area (Å²) in [7, 11) is 0. The number of hydrogen-bond acceptors (Lipinski definition) is 1. The third kappa shape index (κ3) is 2.26. The molecule has 0 saturated carbocycles. The van der Waals surface area contributed by atoms with Gasteiger partial charge in [-0.25, -0.2) is 4.39 Å². The Bertz CT molecular complexity index is 573. The lowest BCUT2D eigenvalue weighted by atomic mass is 9.96. The molecule has 0 aliphatic carbocycles. The monoisotopic (exact) mass is 228 g/mol. The molecule has 0 spiro atoms. The van der Waals surface area contributed by atoms with E-state index in [-0.39, 0.29) is 11.6 Å². The molecule has 0 bridgehead atoms.